The summed E-state index contributed by atoms with van der Waals surface area (Å²) in [6, 6.07) is 11.3. The van der Waals surface area contributed by atoms with E-state index in [-0.39, 0.29) is 6.04 Å². The van der Waals surface area contributed by atoms with Gasteiger partial charge in [-0.3, -0.25) is 4.90 Å². The smallest absolute Gasteiger partial charge is 0.0657 e. The Kier molecular flexibility index (Phi) is 6.47. The number of nitrogens with zero attached hydrogens (tertiary/aromatic N) is 1. The molecule has 0 bridgehead atoms. The third kappa shape index (κ3) is 4.56. The molecule has 2 rings (SSSR count). The van der Waals surface area contributed by atoms with Gasteiger partial charge >= 0.3 is 0 Å². The summed E-state index contributed by atoms with van der Waals surface area (Å²) in [6.07, 6.45) is 0. The number of hydrogen-bond donors (Lipinski definition) is 1. The molecule has 0 spiro atoms. The van der Waals surface area contributed by atoms with Crippen molar-refractivity contribution in [3.63, 3.8) is 0 Å². The number of rotatable bonds is 7. The highest BCUT2D eigenvalue weighted by Gasteiger charge is 2.18. The Balaban J connectivity index is 1.85. The molecule has 20 heavy (non-hydrogen) atoms. The molecule has 4 nitrogen and oxygen atoms in total. The first-order chi connectivity index (χ1) is 9.81. The molecule has 0 unspecified atom stereocenters. The van der Waals surface area contributed by atoms with Crippen molar-refractivity contribution in [1.82, 2.24) is 10.2 Å². The van der Waals surface area contributed by atoms with E-state index in [1.54, 1.807) is 7.11 Å². The van der Waals surface area contributed by atoms with Crippen LogP contribution >= 0.6 is 0 Å². The minimum Gasteiger partial charge on any atom is -0.383 e. The molecular formula is C16H26N2O2. The molecule has 112 valence electrons. The Bertz CT molecular complexity index is 366. The minimum absolute atomic E-state index is 0.254. The molecule has 0 saturated carbocycles. The van der Waals surface area contributed by atoms with Crippen LogP contribution in [0.25, 0.3) is 0 Å². The number of benzene rings is 1. The Hall–Kier alpha value is -0.940. The zero-order chi connectivity index (χ0) is 14.2. The zero-order valence-corrected chi connectivity index (χ0v) is 12.5. The third-order valence-corrected chi connectivity index (χ3v) is 3.86. The molecule has 1 heterocycles. The van der Waals surface area contributed by atoms with Gasteiger partial charge in [0.15, 0.2) is 0 Å². The van der Waals surface area contributed by atoms with Crippen molar-refractivity contribution in [3.8, 4) is 0 Å². The predicted molar refractivity (Wildman–Crippen MR) is 80.9 cm³/mol. The van der Waals surface area contributed by atoms with E-state index in [1.807, 2.05) is 6.07 Å². The van der Waals surface area contributed by atoms with Crippen molar-refractivity contribution in [3.05, 3.63) is 35.9 Å². The van der Waals surface area contributed by atoms with Gasteiger partial charge in [0.2, 0.25) is 0 Å². The molecule has 2 atom stereocenters. The molecule has 1 aliphatic rings. The van der Waals surface area contributed by atoms with Gasteiger partial charge in [-0.1, -0.05) is 30.3 Å². The second-order valence-electron chi connectivity index (χ2n) is 5.32. The highest BCUT2D eigenvalue weighted by molar-refractivity contribution is 5.18. The molecule has 1 N–H and O–H groups in total. The lowest BCUT2D eigenvalue weighted by Crippen LogP contribution is -2.47. The fraction of sp³-hybridized carbons (Fsp3) is 0.625. The number of ether oxygens (including phenoxy) is 2. The summed E-state index contributed by atoms with van der Waals surface area (Å²) in [5, 5.41) is 3.63. The van der Waals surface area contributed by atoms with Gasteiger partial charge in [0.1, 0.15) is 0 Å². The monoisotopic (exact) mass is 278 g/mol. The molecule has 1 aliphatic heterocycles. The van der Waals surface area contributed by atoms with Crippen molar-refractivity contribution in [2.45, 2.75) is 19.0 Å². The quantitative estimate of drug-likeness (QED) is 0.823. The van der Waals surface area contributed by atoms with E-state index in [4.69, 9.17) is 9.47 Å². The summed E-state index contributed by atoms with van der Waals surface area (Å²) in [6.45, 7) is 7.69. The summed E-state index contributed by atoms with van der Waals surface area (Å²) in [7, 11) is 1.75. The van der Waals surface area contributed by atoms with Gasteiger partial charge in [0.25, 0.3) is 0 Å². The third-order valence-electron chi connectivity index (χ3n) is 3.86. The van der Waals surface area contributed by atoms with Gasteiger partial charge in [-0.15, -0.1) is 0 Å². The van der Waals surface area contributed by atoms with E-state index >= 15 is 0 Å². The maximum absolute atomic E-state index is 5.40. The number of hydrogen-bond acceptors (Lipinski definition) is 4. The van der Waals surface area contributed by atoms with E-state index in [2.05, 4.69) is 41.4 Å². The Labute approximate surface area is 122 Å². The van der Waals surface area contributed by atoms with Crippen molar-refractivity contribution >= 4 is 0 Å². The highest BCUT2D eigenvalue weighted by atomic mass is 16.5. The van der Waals surface area contributed by atoms with Crippen LogP contribution in [0.15, 0.2) is 30.3 Å². The number of morpholine rings is 1. The van der Waals surface area contributed by atoms with Crippen LogP contribution in [0.1, 0.15) is 18.5 Å². The van der Waals surface area contributed by atoms with Crippen molar-refractivity contribution in [2.75, 3.05) is 46.6 Å². The van der Waals surface area contributed by atoms with Crippen LogP contribution in [0.3, 0.4) is 0 Å². The first-order valence-electron chi connectivity index (χ1n) is 7.40. The summed E-state index contributed by atoms with van der Waals surface area (Å²) in [5.74, 6) is 0. The summed E-state index contributed by atoms with van der Waals surface area (Å²) in [4.78, 5) is 2.48. The van der Waals surface area contributed by atoms with Crippen LogP contribution in [0.2, 0.25) is 0 Å². The fourth-order valence-corrected chi connectivity index (χ4v) is 2.59. The molecule has 4 heteroatoms. The Morgan fingerprint density at radius 2 is 1.95 bits per heavy atom. The van der Waals surface area contributed by atoms with E-state index < -0.39 is 0 Å². The maximum atomic E-state index is 5.40. The molecule has 1 aromatic carbocycles. The van der Waals surface area contributed by atoms with Crippen molar-refractivity contribution < 1.29 is 9.47 Å². The lowest BCUT2D eigenvalue weighted by Gasteiger charge is -2.33. The SMILES string of the molecule is COC[C@@H](NC[C@H](C)N1CCOCC1)c1ccccc1. The number of methoxy groups -OCH3 is 1. The molecule has 0 aromatic heterocycles. The summed E-state index contributed by atoms with van der Waals surface area (Å²) >= 11 is 0. The molecule has 1 saturated heterocycles. The Morgan fingerprint density at radius 3 is 2.60 bits per heavy atom. The molecular weight excluding hydrogens is 252 g/mol. The summed E-state index contributed by atoms with van der Waals surface area (Å²) < 4.78 is 10.7. The zero-order valence-electron chi connectivity index (χ0n) is 12.5. The van der Waals surface area contributed by atoms with Gasteiger partial charge < -0.3 is 14.8 Å². The van der Waals surface area contributed by atoms with Crippen molar-refractivity contribution in [1.29, 1.82) is 0 Å². The molecule has 1 fully saturated rings. The fourth-order valence-electron chi connectivity index (χ4n) is 2.59. The highest BCUT2D eigenvalue weighted by Crippen LogP contribution is 2.13. The lowest BCUT2D eigenvalue weighted by molar-refractivity contribution is 0.0192. The standard InChI is InChI=1S/C16H26N2O2/c1-14(18-8-10-20-11-9-18)12-17-16(13-19-2)15-6-4-3-5-7-15/h3-7,14,16-17H,8-13H2,1-2H3/t14-,16+/m0/s1. The molecule has 1 aromatic rings. The van der Waals surface area contributed by atoms with Crippen LogP contribution in [-0.2, 0) is 9.47 Å². The molecule has 0 radical (unpaired) electrons. The topological polar surface area (TPSA) is 33.7 Å². The molecule has 0 amide bonds. The van der Waals surface area contributed by atoms with Crippen LogP contribution in [0.5, 0.6) is 0 Å². The van der Waals surface area contributed by atoms with Gasteiger partial charge in [0, 0.05) is 32.8 Å². The van der Waals surface area contributed by atoms with E-state index in [0.29, 0.717) is 12.6 Å². The average molecular weight is 278 g/mol. The van der Waals surface area contributed by atoms with Crippen LogP contribution in [0.4, 0.5) is 0 Å². The first-order valence-corrected chi connectivity index (χ1v) is 7.40. The largest absolute Gasteiger partial charge is 0.383 e. The van der Waals surface area contributed by atoms with Gasteiger partial charge in [0.05, 0.1) is 25.9 Å². The van der Waals surface area contributed by atoms with E-state index in [1.165, 1.54) is 5.56 Å². The number of nitrogens with one attached hydrogen (secondary N) is 1. The minimum atomic E-state index is 0.254. The Morgan fingerprint density at radius 1 is 1.25 bits per heavy atom. The normalized spacial score (nSPS) is 19.7. The summed E-state index contributed by atoms with van der Waals surface area (Å²) in [5.41, 5.74) is 1.28. The van der Waals surface area contributed by atoms with Gasteiger partial charge in [-0.2, -0.15) is 0 Å². The van der Waals surface area contributed by atoms with E-state index in [9.17, 15) is 0 Å². The van der Waals surface area contributed by atoms with Crippen LogP contribution in [0, 0.1) is 0 Å². The second kappa shape index (κ2) is 8.37. The predicted octanol–water partition coefficient (Wildman–Crippen LogP) is 1.68. The maximum Gasteiger partial charge on any atom is 0.0657 e. The second-order valence-corrected chi connectivity index (χ2v) is 5.32. The van der Waals surface area contributed by atoms with Crippen LogP contribution in [-0.4, -0.2) is 57.5 Å². The van der Waals surface area contributed by atoms with Gasteiger partial charge in [-0.05, 0) is 12.5 Å². The van der Waals surface area contributed by atoms with E-state index in [0.717, 1.165) is 32.8 Å². The average Bonchev–Trinajstić information content (AvgIpc) is 2.53. The van der Waals surface area contributed by atoms with Gasteiger partial charge in [-0.25, -0.2) is 0 Å². The first kappa shape index (κ1) is 15.4. The van der Waals surface area contributed by atoms with Crippen LogP contribution < -0.4 is 5.32 Å². The molecule has 0 aliphatic carbocycles. The lowest BCUT2D eigenvalue weighted by atomic mass is 10.1. The van der Waals surface area contributed by atoms with Crippen molar-refractivity contribution in [2.24, 2.45) is 0 Å².